The lowest BCUT2D eigenvalue weighted by atomic mass is 10.2. The summed E-state index contributed by atoms with van der Waals surface area (Å²) in [6.07, 6.45) is 3.59. The summed E-state index contributed by atoms with van der Waals surface area (Å²) < 4.78 is 6.45. The number of amides is 1. The van der Waals surface area contributed by atoms with Crippen molar-refractivity contribution >= 4 is 38.3 Å². The Kier molecular flexibility index (Phi) is 4.10. The van der Waals surface area contributed by atoms with Gasteiger partial charge in [-0.1, -0.05) is 29.5 Å². The van der Waals surface area contributed by atoms with Crippen molar-refractivity contribution in [3.05, 3.63) is 48.3 Å². The van der Waals surface area contributed by atoms with Gasteiger partial charge in [-0.3, -0.25) is 15.1 Å². The predicted octanol–water partition coefficient (Wildman–Crippen LogP) is 2.78. The topological polar surface area (TPSA) is 67.4 Å². The first-order valence-corrected chi connectivity index (χ1v) is 8.56. The highest BCUT2D eigenvalue weighted by atomic mass is 32.1. The molecule has 1 aliphatic heterocycles. The van der Waals surface area contributed by atoms with E-state index in [0.717, 1.165) is 29.0 Å². The number of thiazole rings is 1. The molecule has 4 rings (SSSR count). The van der Waals surface area contributed by atoms with Gasteiger partial charge in [-0.05, 0) is 12.1 Å². The first-order valence-electron chi connectivity index (χ1n) is 7.75. The van der Waals surface area contributed by atoms with Crippen molar-refractivity contribution in [2.24, 2.45) is 0 Å². The first-order chi connectivity index (χ1) is 11.8. The van der Waals surface area contributed by atoms with Gasteiger partial charge >= 0.3 is 0 Å². The van der Waals surface area contributed by atoms with Gasteiger partial charge in [-0.25, -0.2) is 4.98 Å². The molecule has 1 aliphatic rings. The fourth-order valence-electron chi connectivity index (χ4n) is 2.68. The van der Waals surface area contributed by atoms with Gasteiger partial charge in [0, 0.05) is 18.7 Å². The van der Waals surface area contributed by atoms with Crippen LogP contribution in [-0.4, -0.2) is 42.2 Å². The van der Waals surface area contributed by atoms with Crippen molar-refractivity contribution in [2.75, 3.05) is 36.5 Å². The molecule has 0 radical (unpaired) electrons. The molecule has 0 unspecified atom stereocenters. The van der Waals surface area contributed by atoms with Crippen molar-refractivity contribution in [1.82, 2.24) is 9.97 Å². The summed E-state index contributed by atoms with van der Waals surface area (Å²) in [6.45, 7) is 3.11. The van der Waals surface area contributed by atoms with E-state index in [1.807, 2.05) is 24.4 Å². The van der Waals surface area contributed by atoms with Gasteiger partial charge in [-0.2, -0.15) is 0 Å². The van der Waals surface area contributed by atoms with Crippen LogP contribution in [0.1, 0.15) is 10.4 Å². The number of nitrogens with one attached hydrogen (secondary N) is 1. The molecule has 1 saturated heterocycles. The van der Waals surface area contributed by atoms with Crippen LogP contribution >= 0.6 is 11.3 Å². The molecule has 3 aromatic rings. The van der Waals surface area contributed by atoms with Crippen molar-refractivity contribution in [1.29, 1.82) is 0 Å². The number of ether oxygens (including phenoxy) is 1. The maximum atomic E-state index is 12.3. The van der Waals surface area contributed by atoms with Gasteiger partial charge in [0.1, 0.15) is 5.52 Å². The van der Waals surface area contributed by atoms with Crippen LogP contribution in [0, 0.1) is 0 Å². The molecule has 122 valence electrons. The number of aromatic nitrogens is 2. The summed E-state index contributed by atoms with van der Waals surface area (Å²) in [5, 5.41) is 3.46. The largest absolute Gasteiger partial charge is 0.378 e. The Labute approximate surface area is 143 Å². The molecule has 0 saturated carbocycles. The number of hydrogen-bond donors (Lipinski definition) is 1. The van der Waals surface area contributed by atoms with Gasteiger partial charge in [0.25, 0.3) is 5.91 Å². The normalized spacial score (nSPS) is 14.8. The van der Waals surface area contributed by atoms with E-state index < -0.39 is 0 Å². The molecule has 1 aromatic carbocycles. The van der Waals surface area contributed by atoms with Crippen molar-refractivity contribution < 1.29 is 9.53 Å². The van der Waals surface area contributed by atoms with Gasteiger partial charge < -0.3 is 9.64 Å². The first kappa shape index (κ1) is 15.0. The van der Waals surface area contributed by atoms with Gasteiger partial charge in [-0.15, -0.1) is 0 Å². The Morgan fingerprint density at radius 3 is 2.75 bits per heavy atom. The molecule has 2 aromatic heterocycles. The Morgan fingerprint density at radius 2 is 1.96 bits per heavy atom. The van der Waals surface area contributed by atoms with E-state index >= 15 is 0 Å². The average molecular weight is 340 g/mol. The van der Waals surface area contributed by atoms with Crippen LogP contribution in [0.4, 0.5) is 10.8 Å². The number of rotatable bonds is 3. The number of morpholine rings is 1. The number of hydrogen-bond acceptors (Lipinski definition) is 6. The number of nitrogens with zero attached hydrogens (tertiary/aromatic N) is 3. The van der Waals surface area contributed by atoms with Crippen LogP contribution in [0.2, 0.25) is 0 Å². The smallest absolute Gasteiger partial charge is 0.257 e. The Hall–Kier alpha value is -2.51. The number of fused-ring (bicyclic) bond motifs is 1. The molecule has 3 heterocycles. The second kappa shape index (κ2) is 6.54. The third-order valence-electron chi connectivity index (χ3n) is 3.89. The van der Waals surface area contributed by atoms with E-state index in [-0.39, 0.29) is 5.91 Å². The van der Waals surface area contributed by atoms with Crippen LogP contribution in [0.3, 0.4) is 0 Å². The number of benzene rings is 1. The van der Waals surface area contributed by atoms with Crippen LogP contribution in [-0.2, 0) is 4.74 Å². The third kappa shape index (κ3) is 2.95. The molecule has 0 bridgehead atoms. The van der Waals surface area contributed by atoms with E-state index in [1.165, 1.54) is 11.3 Å². The monoisotopic (exact) mass is 340 g/mol. The van der Waals surface area contributed by atoms with Crippen LogP contribution in [0.15, 0.2) is 42.7 Å². The summed E-state index contributed by atoms with van der Waals surface area (Å²) in [4.78, 5) is 23.3. The van der Waals surface area contributed by atoms with Crippen LogP contribution in [0.25, 0.3) is 10.2 Å². The molecular formula is C17H16N4O2S. The van der Waals surface area contributed by atoms with Crippen molar-refractivity contribution in [3.63, 3.8) is 0 Å². The highest BCUT2D eigenvalue weighted by Crippen LogP contribution is 2.34. The zero-order valence-corrected chi connectivity index (χ0v) is 13.8. The molecule has 1 amide bonds. The Bertz CT molecular complexity index is 859. The number of pyridine rings is 1. The summed E-state index contributed by atoms with van der Waals surface area (Å²) in [7, 11) is 0. The maximum absolute atomic E-state index is 12.3. The third-order valence-corrected chi connectivity index (χ3v) is 4.90. The summed E-state index contributed by atoms with van der Waals surface area (Å²) >= 11 is 1.48. The molecule has 1 fully saturated rings. The fraction of sp³-hybridized carbons (Fsp3) is 0.235. The minimum atomic E-state index is -0.157. The van der Waals surface area contributed by atoms with E-state index in [4.69, 9.17) is 4.74 Å². The molecule has 24 heavy (non-hydrogen) atoms. The SMILES string of the molecule is O=C(Nc1nc2cncc(N3CCOCC3)c2s1)c1ccccc1. The fourth-order valence-corrected chi connectivity index (χ4v) is 3.65. The number of carbonyl (C=O) groups excluding carboxylic acids is 1. The number of carbonyl (C=O) groups is 1. The highest BCUT2D eigenvalue weighted by molar-refractivity contribution is 7.23. The second-order valence-corrected chi connectivity index (χ2v) is 6.44. The van der Waals surface area contributed by atoms with Crippen molar-refractivity contribution in [3.8, 4) is 0 Å². The number of anilines is 2. The average Bonchev–Trinajstić information content (AvgIpc) is 3.05. The zero-order chi connectivity index (χ0) is 16.4. The standard InChI is InChI=1S/C17H16N4O2S/c22-16(12-4-2-1-3-5-12)20-17-19-13-10-18-11-14(15(13)24-17)21-6-8-23-9-7-21/h1-5,10-11H,6-9H2,(H,19,20,22). The zero-order valence-electron chi connectivity index (χ0n) is 12.9. The van der Waals surface area contributed by atoms with Gasteiger partial charge in [0.2, 0.25) is 0 Å². The molecule has 0 aliphatic carbocycles. The van der Waals surface area contributed by atoms with E-state index in [9.17, 15) is 4.79 Å². The molecule has 0 atom stereocenters. The highest BCUT2D eigenvalue weighted by Gasteiger charge is 2.17. The van der Waals surface area contributed by atoms with E-state index in [1.54, 1.807) is 18.3 Å². The second-order valence-electron chi connectivity index (χ2n) is 5.45. The Morgan fingerprint density at radius 1 is 1.17 bits per heavy atom. The van der Waals surface area contributed by atoms with Crippen molar-refractivity contribution in [2.45, 2.75) is 0 Å². The van der Waals surface area contributed by atoms with Crippen LogP contribution in [0.5, 0.6) is 0 Å². The lowest BCUT2D eigenvalue weighted by molar-refractivity contribution is 0.102. The van der Waals surface area contributed by atoms with Crippen LogP contribution < -0.4 is 10.2 Å². The molecule has 0 spiro atoms. The minimum absolute atomic E-state index is 0.157. The lowest BCUT2D eigenvalue weighted by Gasteiger charge is -2.28. The lowest BCUT2D eigenvalue weighted by Crippen LogP contribution is -2.36. The summed E-state index contributed by atoms with van der Waals surface area (Å²) in [5.41, 5.74) is 2.46. The van der Waals surface area contributed by atoms with E-state index in [0.29, 0.717) is 23.9 Å². The maximum Gasteiger partial charge on any atom is 0.257 e. The minimum Gasteiger partial charge on any atom is -0.378 e. The van der Waals surface area contributed by atoms with E-state index in [2.05, 4.69) is 20.2 Å². The van der Waals surface area contributed by atoms with Gasteiger partial charge in [0.15, 0.2) is 5.13 Å². The molecular weight excluding hydrogens is 324 g/mol. The Balaban J connectivity index is 1.62. The quantitative estimate of drug-likeness (QED) is 0.794. The molecule has 6 nitrogen and oxygen atoms in total. The molecule has 7 heteroatoms. The summed E-state index contributed by atoms with van der Waals surface area (Å²) in [5.74, 6) is -0.157. The van der Waals surface area contributed by atoms with Gasteiger partial charge in [0.05, 0.1) is 36.0 Å². The summed E-state index contributed by atoms with van der Waals surface area (Å²) in [6, 6.07) is 9.13. The molecule has 1 N–H and O–H groups in total. The predicted molar refractivity (Wildman–Crippen MR) is 94.8 cm³/mol.